The highest BCUT2D eigenvalue weighted by atomic mass is 32.2. The van der Waals surface area contributed by atoms with E-state index in [0.29, 0.717) is 11.5 Å². The predicted molar refractivity (Wildman–Crippen MR) is 67.2 cm³/mol. The lowest BCUT2D eigenvalue weighted by atomic mass is 10.3. The number of H-pyrrole nitrogens is 1. The minimum atomic E-state index is -3.65. The molecule has 0 saturated heterocycles. The van der Waals surface area contributed by atoms with Crippen LogP contribution in [0.5, 0.6) is 0 Å². The number of pyridine rings is 1. The molecule has 0 saturated carbocycles. The summed E-state index contributed by atoms with van der Waals surface area (Å²) < 4.78 is 26.0. The Bertz CT molecular complexity index is 640. The molecule has 0 aliphatic rings. The molecule has 0 radical (unpaired) electrons. The van der Waals surface area contributed by atoms with E-state index < -0.39 is 10.0 Å². The first-order chi connectivity index (χ1) is 9.05. The molecule has 0 spiro atoms. The number of rotatable bonds is 5. The standard InChI is InChI=1S/C10H14N6O2S/c1-16(6-10-13-7-14-15-10)19(17,18)9-3-2-4-12-8(9)5-11/h2-4,7H,5-6,11H2,1H3,(H,13,14,15). The van der Waals surface area contributed by atoms with Crippen molar-refractivity contribution >= 4 is 10.0 Å². The molecule has 19 heavy (non-hydrogen) atoms. The first-order valence-electron chi connectivity index (χ1n) is 5.50. The summed E-state index contributed by atoms with van der Waals surface area (Å²) in [5, 5.41) is 6.29. The molecular formula is C10H14N6O2S. The van der Waals surface area contributed by atoms with E-state index >= 15 is 0 Å². The van der Waals surface area contributed by atoms with Crippen LogP contribution >= 0.6 is 0 Å². The van der Waals surface area contributed by atoms with Crippen LogP contribution in [0.3, 0.4) is 0 Å². The second kappa shape index (κ2) is 5.43. The quantitative estimate of drug-likeness (QED) is 0.761. The Morgan fingerprint density at radius 1 is 1.42 bits per heavy atom. The highest BCUT2D eigenvalue weighted by Gasteiger charge is 2.24. The zero-order chi connectivity index (χ0) is 13.9. The SMILES string of the molecule is CN(Cc1ncn[nH]1)S(=O)(=O)c1cccnc1CN. The summed E-state index contributed by atoms with van der Waals surface area (Å²) in [5.74, 6) is 0.462. The summed E-state index contributed by atoms with van der Waals surface area (Å²) >= 11 is 0. The predicted octanol–water partition coefficient (Wildman–Crippen LogP) is -0.521. The molecule has 0 aliphatic heterocycles. The van der Waals surface area contributed by atoms with Gasteiger partial charge < -0.3 is 5.73 Å². The third-order valence-electron chi connectivity index (χ3n) is 2.57. The van der Waals surface area contributed by atoms with Gasteiger partial charge in [-0.3, -0.25) is 10.1 Å². The number of nitrogens with zero attached hydrogens (tertiary/aromatic N) is 4. The third kappa shape index (κ3) is 2.78. The Balaban J connectivity index is 2.31. The molecule has 0 unspecified atom stereocenters. The molecular weight excluding hydrogens is 268 g/mol. The van der Waals surface area contributed by atoms with Gasteiger partial charge in [-0.25, -0.2) is 13.4 Å². The number of aromatic amines is 1. The van der Waals surface area contributed by atoms with Gasteiger partial charge in [-0.2, -0.15) is 9.40 Å². The van der Waals surface area contributed by atoms with Gasteiger partial charge in [0.1, 0.15) is 17.0 Å². The van der Waals surface area contributed by atoms with Crippen LogP contribution in [0.25, 0.3) is 0 Å². The van der Waals surface area contributed by atoms with Gasteiger partial charge in [0.2, 0.25) is 10.0 Å². The third-order valence-corrected chi connectivity index (χ3v) is 4.44. The van der Waals surface area contributed by atoms with Crippen LogP contribution in [0.15, 0.2) is 29.6 Å². The van der Waals surface area contributed by atoms with Crippen molar-refractivity contribution in [1.29, 1.82) is 0 Å². The van der Waals surface area contributed by atoms with Gasteiger partial charge in [-0.15, -0.1) is 0 Å². The van der Waals surface area contributed by atoms with Crippen molar-refractivity contribution in [3.63, 3.8) is 0 Å². The number of nitrogens with two attached hydrogens (primary N) is 1. The molecule has 0 fully saturated rings. The molecule has 2 heterocycles. The molecule has 2 aromatic rings. The van der Waals surface area contributed by atoms with Crippen LogP contribution in [0.4, 0.5) is 0 Å². The van der Waals surface area contributed by atoms with Crippen LogP contribution < -0.4 is 5.73 Å². The summed E-state index contributed by atoms with van der Waals surface area (Å²) in [6.07, 6.45) is 2.84. The maximum atomic E-state index is 12.4. The van der Waals surface area contributed by atoms with E-state index in [1.54, 1.807) is 6.07 Å². The van der Waals surface area contributed by atoms with Gasteiger partial charge in [0, 0.05) is 19.8 Å². The average molecular weight is 282 g/mol. The van der Waals surface area contributed by atoms with E-state index in [1.807, 2.05) is 0 Å². The van der Waals surface area contributed by atoms with Crippen molar-refractivity contribution < 1.29 is 8.42 Å². The van der Waals surface area contributed by atoms with Gasteiger partial charge in [-0.05, 0) is 12.1 Å². The lowest BCUT2D eigenvalue weighted by Gasteiger charge is -2.17. The molecule has 2 aromatic heterocycles. The van der Waals surface area contributed by atoms with Gasteiger partial charge in [-0.1, -0.05) is 0 Å². The molecule has 0 atom stereocenters. The second-order valence-corrected chi connectivity index (χ2v) is 5.86. The van der Waals surface area contributed by atoms with Crippen LogP contribution in [0, 0.1) is 0 Å². The van der Waals surface area contributed by atoms with Gasteiger partial charge in [0.25, 0.3) is 0 Å². The van der Waals surface area contributed by atoms with Crippen molar-refractivity contribution in [2.75, 3.05) is 7.05 Å². The normalized spacial score (nSPS) is 11.9. The van der Waals surface area contributed by atoms with Crippen LogP contribution in [0.2, 0.25) is 0 Å². The molecule has 0 aromatic carbocycles. The summed E-state index contributed by atoms with van der Waals surface area (Å²) in [4.78, 5) is 7.98. The summed E-state index contributed by atoms with van der Waals surface area (Å²) in [6.45, 7) is 0.160. The molecule has 3 N–H and O–H groups in total. The first kappa shape index (κ1) is 13.6. The van der Waals surface area contributed by atoms with Crippen molar-refractivity contribution in [3.8, 4) is 0 Å². The molecule has 8 nitrogen and oxygen atoms in total. The lowest BCUT2D eigenvalue weighted by Crippen LogP contribution is -2.28. The monoisotopic (exact) mass is 282 g/mol. The summed E-state index contributed by atoms with van der Waals surface area (Å²) in [6, 6.07) is 3.05. The summed E-state index contributed by atoms with van der Waals surface area (Å²) in [7, 11) is -2.19. The minimum absolute atomic E-state index is 0.0611. The smallest absolute Gasteiger partial charge is 0.245 e. The Hall–Kier alpha value is -1.84. The van der Waals surface area contributed by atoms with E-state index in [0.717, 1.165) is 0 Å². The molecule has 9 heteroatoms. The van der Waals surface area contributed by atoms with E-state index in [-0.39, 0.29) is 18.0 Å². The maximum Gasteiger partial charge on any atom is 0.245 e. The number of aromatic nitrogens is 4. The van der Waals surface area contributed by atoms with E-state index in [4.69, 9.17) is 5.73 Å². The minimum Gasteiger partial charge on any atom is -0.325 e. The van der Waals surface area contributed by atoms with E-state index in [9.17, 15) is 8.42 Å². The largest absolute Gasteiger partial charge is 0.325 e. The van der Waals surface area contributed by atoms with Crippen molar-refractivity contribution in [1.82, 2.24) is 24.5 Å². The van der Waals surface area contributed by atoms with E-state index in [2.05, 4.69) is 20.2 Å². The zero-order valence-corrected chi connectivity index (χ0v) is 11.1. The second-order valence-electron chi connectivity index (χ2n) is 3.85. The average Bonchev–Trinajstić information content (AvgIpc) is 2.91. The molecule has 0 bridgehead atoms. The fourth-order valence-corrected chi connectivity index (χ4v) is 2.89. The zero-order valence-electron chi connectivity index (χ0n) is 10.3. The Morgan fingerprint density at radius 3 is 2.84 bits per heavy atom. The molecule has 0 aliphatic carbocycles. The van der Waals surface area contributed by atoms with Gasteiger partial charge in [0.15, 0.2) is 0 Å². The Kier molecular flexibility index (Phi) is 3.88. The lowest BCUT2D eigenvalue weighted by molar-refractivity contribution is 0.456. The number of sulfonamides is 1. The van der Waals surface area contributed by atoms with Crippen LogP contribution in [-0.2, 0) is 23.1 Å². The number of hydrogen-bond donors (Lipinski definition) is 2. The Morgan fingerprint density at radius 2 is 2.21 bits per heavy atom. The molecule has 2 rings (SSSR count). The van der Waals surface area contributed by atoms with E-state index in [1.165, 1.54) is 29.9 Å². The number of nitrogens with one attached hydrogen (secondary N) is 1. The van der Waals surface area contributed by atoms with Crippen LogP contribution in [0.1, 0.15) is 11.5 Å². The van der Waals surface area contributed by atoms with Crippen LogP contribution in [-0.4, -0.2) is 39.9 Å². The maximum absolute atomic E-state index is 12.4. The highest BCUT2D eigenvalue weighted by Crippen LogP contribution is 2.18. The fraction of sp³-hybridized carbons (Fsp3) is 0.300. The van der Waals surface area contributed by atoms with Gasteiger partial charge in [0.05, 0.1) is 12.2 Å². The number of hydrogen-bond acceptors (Lipinski definition) is 6. The van der Waals surface area contributed by atoms with Crippen molar-refractivity contribution in [3.05, 3.63) is 36.2 Å². The first-order valence-corrected chi connectivity index (χ1v) is 6.94. The molecule has 102 valence electrons. The van der Waals surface area contributed by atoms with Crippen molar-refractivity contribution in [2.45, 2.75) is 18.0 Å². The fourth-order valence-electron chi connectivity index (χ4n) is 1.58. The van der Waals surface area contributed by atoms with Gasteiger partial charge >= 0.3 is 0 Å². The topological polar surface area (TPSA) is 118 Å². The van der Waals surface area contributed by atoms with Crippen molar-refractivity contribution in [2.24, 2.45) is 5.73 Å². The summed E-state index contributed by atoms with van der Waals surface area (Å²) in [5.41, 5.74) is 5.85. The Labute approximate surface area is 110 Å². The molecule has 0 amide bonds. The highest BCUT2D eigenvalue weighted by molar-refractivity contribution is 7.89.